The Morgan fingerprint density at radius 3 is 2.33 bits per heavy atom. The summed E-state index contributed by atoms with van der Waals surface area (Å²) in [4.78, 5) is 10.5. The first kappa shape index (κ1) is 12.2. The molecule has 1 aliphatic heterocycles. The topological polar surface area (TPSA) is 56.8 Å². The summed E-state index contributed by atoms with van der Waals surface area (Å²) in [5.41, 5.74) is 0. The van der Waals surface area contributed by atoms with Crippen LogP contribution in [0.2, 0.25) is 0 Å². The van der Waals surface area contributed by atoms with E-state index in [4.69, 9.17) is 9.47 Å². The van der Waals surface area contributed by atoms with Gasteiger partial charge in [0.1, 0.15) is 0 Å². The van der Waals surface area contributed by atoms with Gasteiger partial charge < -0.3 is 19.5 Å². The Bertz CT molecular complexity index is 225. The number of halogens is 3. The number of hydrogen-bond donors (Lipinski definition) is 1. The van der Waals surface area contributed by atoms with Gasteiger partial charge in [-0.25, -0.2) is 0 Å². The van der Waals surface area contributed by atoms with Crippen LogP contribution in [0.5, 0.6) is 0 Å². The van der Waals surface area contributed by atoms with Crippen LogP contribution in [0.15, 0.2) is 0 Å². The maximum absolute atomic E-state index is 11.8. The van der Waals surface area contributed by atoms with Crippen LogP contribution in [0.4, 0.5) is 13.2 Å². The first-order valence-corrected chi connectivity index (χ1v) is 4.07. The first-order chi connectivity index (χ1) is 6.93. The average Bonchev–Trinajstić information content (AvgIpc) is 2.17. The molecule has 1 aliphatic rings. The zero-order valence-electron chi connectivity index (χ0n) is 7.84. The molecule has 0 bridgehead atoms. The van der Waals surface area contributed by atoms with Crippen molar-refractivity contribution in [1.82, 2.24) is 5.32 Å². The van der Waals surface area contributed by atoms with Crippen molar-refractivity contribution >= 4 is 5.91 Å². The second-order valence-electron chi connectivity index (χ2n) is 2.86. The summed E-state index contributed by atoms with van der Waals surface area (Å²) < 4.78 is 49.8. The molecule has 1 fully saturated rings. The Morgan fingerprint density at radius 2 is 1.93 bits per heavy atom. The van der Waals surface area contributed by atoms with Gasteiger partial charge in [-0.15, -0.1) is 0 Å². The molecular weight excluding hydrogens is 219 g/mol. The molecule has 0 aliphatic carbocycles. The highest BCUT2D eigenvalue weighted by Crippen LogP contribution is 2.15. The summed E-state index contributed by atoms with van der Waals surface area (Å²) in [7, 11) is 1.33. The highest BCUT2D eigenvalue weighted by Gasteiger charge is 2.40. The highest BCUT2D eigenvalue weighted by molar-refractivity contribution is 5.81. The summed E-state index contributed by atoms with van der Waals surface area (Å²) in [5.74, 6) is -2.00. The summed E-state index contributed by atoms with van der Waals surface area (Å²) in [6.07, 6.45) is -4.89. The molecule has 1 amide bonds. The highest BCUT2D eigenvalue weighted by atomic mass is 19.4. The van der Waals surface area contributed by atoms with Gasteiger partial charge in [-0.2, -0.15) is 13.2 Å². The summed E-state index contributed by atoms with van der Waals surface area (Å²) in [6, 6.07) is -0.814. The maximum Gasteiger partial charge on any atom is 0.471 e. The summed E-state index contributed by atoms with van der Waals surface area (Å²) >= 11 is 0. The van der Waals surface area contributed by atoms with Crippen LogP contribution in [-0.2, 0) is 19.0 Å². The fraction of sp³-hybridized carbons (Fsp3) is 0.857. The van der Waals surface area contributed by atoms with Crippen molar-refractivity contribution < 1.29 is 32.2 Å². The SMILES string of the molecule is COC1OCC(NC(=O)C(F)(F)F)CO1. The summed E-state index contributed by atoms with van der Waals surface area (Å²) in [5, 5.41) is 1.73. The van der Waals surface area contributed by atoms with Gasteiger partial charge in [0.2, 0.25) is 0 Å². The number of rotatable bonds is 2. The molecule has 0 aromatic heterocycles. The van der Waals surface area contributed by atoms with E-state index in [1.54, 1.807) is 5.32 Å². The lowest BCUT2D eigenvalue weighted by molar-refractivity contribution is -0.306. The van der Waals surface area contributed by atoms with Crippen LogP contribution in [-0.4, -0.2) is 44.9 Å². The molecule has 0 saturated carbocycles. The van der Waals surface area contributed by atoms with Crippen molar-refractivity contribution in [2.75, 3.05) is 20.3 Å². The molecule has 0 aromatic carbocycles. The van der Waals surface area contributed by atoms with E-state index in [2.05, 4.69) is 4.74 Å². The number of amides is 1. The number of alkyl halides is 3. The molecule has 15 heavy (non-hydrogen) atoms. The lowest BCUT2D eigenvalue weighted by atomic mass is 10.3. The molecule has 1 N–H and O–H groups in total. The molecule has 0 spiro atoms. The predicted molar refractivity (Wildman–Crippen MR) is 40.7 cm³/mol. The van der Waals surface area contributed by atoms with Crippen LogP contribution in [0.1, 0.15) is 0 Å². The lowest BCUT2D eigenvalue weighted by Gasteiger charge is -2.28. The Kier molecular flexibility index (Phi) is 3.89. The minimum Gasteiger partial charge on any atom is -0.341 e. The van der Waals surface area contributed by atoms with Gasteiger partial charge in [0.05, 0.1) is 19.3 Å². The van der Waals surface area contributed by atoms with Gasteiger partial charge in [0.25, 0.3) is 6.48 Å². The maximum atomic E-state index is 11.8. The number of ether oxygens (including phenoxy) is 3. The van der Waals surface area contributed by atoms with Crippen molar-refractivity contribution in [3.05, 3.63) is 0 Å². The van der Waals surface area contributed by atoms with Crippen molar-refractivity contribution in [3.8, 4) is 0 Å². The minimum absolute atomic E-state index is 0.0830. The van der Waals surface area contributed by atoms with E-state index in [0.29, 0.717) is 0 Å². The minimum atomic E-state index is -4.89. The normalized spacial score (nSPS) is 27.5. The van der Waals surface area contributed by atoms with E-state index in [1.807, 2.05) is 0 Å². The van der Waals surface area contributed by atoms with E-state index in [0.717, 1.165) is 0 Å². The van der Waals surface area contributed by atoms with E-state index in [9.17, 15) is 18.0 Å². The third kappa shape index (κ3) is 3.65. The molecule has 8 heteroatoms. The van der Waals surface area contributed by atoms with Gasteiger partial charge in [-0.3, -0.25) is 4.79 Å². The zero-order chi connectivity index (χ0) is 11.5. The van der Waals surface area contributed by atoms with Gasteiger partial charge in [0, 0.05) is 7.11 Å². The third-order valence-corrected chi connectivity index (χ3v) is 1.65. The van der Waals surface area contributed by atoms with Gasteiger partial charge in [-0.1, -0.05) is 0 Å². The molecule has 0 aromatic rings. The largest absolute Gasteiger partial charge is 0.471 e. The third-order valence-electron chi connectivity index (χ3n) is 1.65. The monoisotopic (exact) mass is 229 g/mol. The number of carbonyl (C=O) groups excluding carboxylic acids is 1. The second-order valence-corrected chi connectivity index (χ2v) is 2.86. The van der Waals surface area contributed by atoms with Crippen molar-refractivity contribution in [2.45, 2.75) is 18.7 Å². The zero-order valence-corrected chi connectivity index (χ0v) is 7.84. The van der Waals surface area contributed by atoms with E-state index >= 15 is 0 Å². The Labute approximate surface area is 83.5 Å². The molecule has 0 unspecified atom stereocenters. The number of carbonyl (C=O) groups is 1. The van der Waals surface area contributed by atoms with E-state index in [1.165, 1.54) is 7.11 Å². The average molecular weight is 229 g/mol. The molecule has 1 saturated heterocycles. The Hall–Kier alpha value is -0.860. The summed E-state index contributed by atoms with van der Waals surface area (Å²) in [6.45, 7) is -1.05. The molecule has 5 nitrogen and oxygen atoms in total. The second kappa shape index (κ2) is 4.77. The van der Waals surface area contributed by atoms with E-state index in [-0.39, 0.29) is 13.2 Å². The molecule has 88 valence electrons. The molecule has 0 radical (unpaired) electrons. The van der Waals surface area contributed by atoms with Crippen molar-refractivity contribution in [3.63, 3.8) is 0 Å². The fourth-order valence-corrected chi connectivity index (χ4v) is 0.972. The number of methoxy groups -OCH3 is 1. The van der Waals surface area contributed by atoms with Crippen molar-refractivity contribution in [2.24, 2.45) is 0 Å². The van der Waals surface area contributed by atoms with Crippen LogP contribution >= 0.6 is 0 Å². The lowest BCUT2D eigenvalue weighted by Crippen LogP contribution is -2.51. The van der Waals surface area contributed by atoms with Crippen molar-refractivity contribution in [1.29, 1.82) is 0 Å². The smallest absolute Gasteiger partial charge is 0.341 e. The molecular formula is C7H10F3NO4. The molecule has 1 rings (SSSR count). The quantitative estimate of drug-likeness (QED) is 0.724. The van der Waals surface area contributed by atoms with Gasteiger partial charge in [-0.05, 0) is 0 Å². The number of nitrogens with one attached hydrogen (secondary N) is 1. The standard InChI is InChI=1S/C7H10F3NO4/c1-13-6-14-2-4(3-15-6)11-5(12)7(8,9)10/h4,6H,2-3H2,1H3,(H,11,12). The Morgan fingerprint density at radius 1 is 1.40 bits per heavy atom. The number of hydrogen-bond acceptors (Lipinski definition) is 4. The van der Waals surface area contributed by atoms with Crippen LogP contribution < -0.4 is 5.32 Å². The van der Waals surface area contributed by atoms with Gasteiger partial charge >= 0.3 is 12.1 Å². The van der Waals surface area contributed by atoms with Gasteiger partial charge in [0.15, 0.2) is 0 Å². The van der Waals surface area contributed by atoms with Crippen LogP contribution in [0.3, 0.4) is 0 Å². The first-order valence-electron chi connectivity index (χ1n) is 4.07. The van der Waals surface area contributed by atoms with Crippen LogP contribution in [0, 0.1) is 0 Å². The van der Waals surface area contributed by atoms with Crippen LogP contribution in [0.25, 0.3) is 0 Å². The molecule has 1 heterocycles. The van der Waals surface area contributed by atoms with E-state index < -0.39 is 24.6 Å². The molecule has 0 atom stereocenters. The Balaban J connectivity index is 2.33. The predicted octanol–water partition coefficient (Wildman–Crippen LogP) is 0.0103. The fourth-order valence-electron chi connectivity index (χ4n) is 0.972.